The Morgan fingerprint density at radius 1 is 1.18 bits per heavy atom. The number of allylic oxidation sites excluding steroid dienone is 1. The molecule has 0 bridgehead atoms. The van der Waals surface area contributed by atoms with Crippen LogP contribution in [0, 0.1) is 11.3 Å². The molecule has 3 rings (SSSR count). The predicted octanol–water partition coefficient (Wildman–Crippen LogP) is 3.75. The van der Waals surface area contributed by atoms with Crippen LogP contribution in [0.3, 0.4) is 0 Å². The molecule has 3 aromatic rings. The van der Waals surface area contributed by atoms with Crippen molar-refractivity contribution >= 4 is 38.5 Å². The molecule has 0 aliphatic heterocycles. The third-order valence-electron chi connectivity index (χ3n) is 3.19. The summed E-state index contributed by atoms with van der Waals surface area (Å²) in [5.74, 6) is 0.266. The summed E-state index contributed by atoms with van der Waals surface area (Å²) in [6, 6.07) is 16.7. The Balaban J connectivity index is 2.18. The van der Waals surface area contributed by atoms with Crippen molar-refractivity contribution in [3.63, 3.8) is 0 Å². The average Bonchev–Trinajstić information content (AvgIpc) is 2.54. The maximum atomic E-state index is 12.1. The van der Waals surface area contributed by atoms with Gasteiger partial charge < -0.3 is 4.98 Å². The molecule has 5 heteroatoms. The largest absolute Gasteiger partial charge is 0.305 e. The second kappa shape index (κ2) is 5.96. The number of nitrogens with one attached hydrogen (secondary N) is 1. The summed E-state index contributed by atoms with van der Waals surface area (Å²) in [5.41, 5.74) is 1.45. The molecule has 2 aromatic carbocycles. The normalized spacial score (nSPS) is 11.4. The molecule has 0 saturated carbocycles. The highest BCUT2D eigenvalue weighted by Crippen LogP contribution is 2.21. The van der Waals surface area contributed by atoms with Crippen LogP contribution in [0.15, 0.2) is 57.8 Å². The Hall–Kier alpha value is -2.71. The first-order valence-corrected chi connectivity index (χ1v) is 7.34. The summed E-state index contributed by atoms with van der Waals surface area (Å²) < 4.78 is 0.867. The molecule has 0 unspecified atom stereocenters. The molecule has 0 amide bonds. The highest BCUT2D eigenvalue weighted by atomic mass is 79.9. The molecule has 1 aromatic heterocycles. The number of aromatic amines is 1. The first-order valence-electron chi connectivity index (χ1n) is 6.55. The number of para-hydroxylation sites is 1. The average molecular weight is 352 g/mol. The lowest BCUT2D eigenvalue weighted by Crippen LogP contribution is -2.11. The van der Waals surface area contributed by atoms with Crippen molar-refractivity contribution in [2.24, 2.45) is 0 Å². The zero-order valence-corrected chi connectivity index (χ0v) is 13.0. The van der Waals surface area contributed by atoms with E-state index in [0.717, 1.165) is 10.0 Å². The second-order valence-electron chi connectivity index (χ2n) is 4.62. The fourth-order valence-electron chi connectivity index (χ4n) is 2.12. The Morgan fingerprint density at radius 3 is 2.68 bits per heavy atom. The van der Waals surface area contributed by atoms with Gasteiger partial charge in [0, 0.05) is 4.47 Å². The summed E-state index contributed by atoms with van der Waals surface area (Å²) in [6.45, 7) is 0. The van der Waals surface area contributed by atoms with Gasteiger partial charge in [0.05, 0.1) is 16.5 Å². The molecular weight excluding hydrogens is 342 g/mol. The van der Waals surface area contributed by atoms with Gasteiger partial charge in [0.2, 0.25) is 0 Å². The van der Waals surface area contributed by atoms with Crippen molar-refractivity contribution in [1.29, 1.82) is 5.26 Å². The first kappa shape index (κ1) is 14.2. The topological polar surface area (TPSA) is 69.5 Å². The van der Waals surface area contributed by atoms with Crippen LogP contribution in [0.2, 0.25) is 0 Å². The first-order chi connectivity index (χ1) is 10.7. The van der Waals surface area contributed by atoms with Gasteiger partial charge in [-0.25, -0.2) is 4.98 Å². The third kappa shape index (κ3) is 2.69. The summed E-state index contributed by atoms with van der Waals surface area (Å²) in [6.07, 6.45) is 1.69. The number of hydrogen-bond acceptors (Lipinski definition) is 3. The van der Waals surface area contributed by atoms with Gasteiger partial charge >= 0.3 is 0 Å². The lowest BCUT2D eigenvalue weighted by Gasteiger charge is -2.03. The SMILES string of the molecule is N#C/C(=C\c1ccccc1Br)c1nc2ccccc2c(=O)[nH]1. The molecule has 1 heterocycles. The summed E-state index contributed by atoms with van der Waals surface area (Å²) >= 11 is 3.43. The highest BCUT2D eigenvalue weighted by molar-refractivity contribution is 9.10. The van der Waals surface area contributed by atoms with Crippen LogP contribution in [-0.2, 0) is 0 Å². The fraction of sp³-hybridized carbons (Fsp3) is 0. The van der Waals surface area contributed by atoms with Crippen molar-refractivity contribution in [3.05, 3.63) is 74.7 Å². The number of hydrogen-bond donors (Lipinski definition) is 1. The lowest BCUT2D eigenvalue weighted by molar-refractivity contribution is 1.13. The monoisotopic (exact) mass is 351 g/mol. The number of rotatable bonds is 2. The van der Waals surface area contributed by atoms with E-state index in [1.165, 1.54) is 0 Å². The van der Waals surface area contributed by atoms with Crippen LogP contribution in [0.25, 0.3) is 22.6 Å². The van der Waals surface area contributed by atoms with E-state index < -0.39 is 0 Å². The molecule has 0 fully saturated rings. The number of nitriles is 1. The van der Waals surface area contributed by atoms with Crippen LogP contribution in [0.5, 0.6) is 0 Å². The molecule has 106 valence electrons. The predicted molar refractivity (Wildman–Crippen MR) is 90.0 cm³/mol. The number of fused-ring (bicyclic) bond motifs is 1. The third-order valence-corrected chi connectivity index (χ3v) is 3.92. The maximum Gasteiger partial charge on any atom is 0.259 e. The fourth-order valence-corrected chi connectivity index (χ4v) is 2.51. The van der Waals surface area contributed by atoms with E-state index in [0.29, 0.717) is 16.5 Å². The maximum absolute atomic E-state index is 12.1. The Bertz CT molecular complexity index is 983. The van der Waals surface area contributed by atoms with Crippen LogP contribution >= 0.6 is 15.9 Å². The minimum Gasteiger partial charge on any atom is -0.305 e. The van der Waals surface area contributed by atoms with Gasteiger partial charge in [0.25, 0.3) is 5.56 Å². The molecular formula is C17H10BrN3O. The number of aromatic nitrogens is 2. The van der Waals surface area contributed by atoms with E-state index in [9.17, 15) is 10.1 Å². The summed E-state index contributed by atoms with van der Waals surface area (Å²) in [5, 5.41) is 9.90. The van der Waals surface area contributed by atoms with Crippen LogP contribution < -0.4 is 5.56 Å². The van der Waals surface area contributed by atoms with Crippen LogP contribution in [0.1, 0.15) is 11.4 Å². The molecule has 0 aliphatic carbocycles. The molecule has 1 N–H and O–H groups in total. The van der Waals surface area contributed by atoms with Gasteiger partial charge in [-0.15, -0.1) is 0 Å². The highest BCUT2D eigenvalue weighted by Gasteiger charge is 2.08. The molecule has 0 aliphatic rings. The lowest BCUT2D eigenvalue weighted by atomic mass is 10.1. The Morgan fingerprint density at radius 2 is 1.91 bits per heavy atom. The van der Waals surface area contributed by atoms with Crippen molar-refractivity contribution in [1.82, 2.24) is 9.97 Å². The second-order valence-corrected chi connectivity index (χ2v) is 5.48. The smallest absolute Gasteiger partial charge is 0.259 e. The summed E-state index contributed by atoms with van der Waals surface area (Å²) in [7, 11) is 0. The van der Waals surface area contributed by atoms with E-state index in [-0.39, 0.29) is 11.4 Å². The molecule has 22 heavy (non-hydrogen) atoms. The quantitative estimate of drug-likeness (QED) is 0.714. The molecule has 0 saturated heterocycles. The van der Waals surface area contributed by atoms with Gasteiger partial charge in [-0.05, 0) is 29.8 Å². The van der Waals surface area contributed by atoms with Crippen molar-refractivity contribution in [2.75, 3.05) is 0 Å². The van der Waals surface area contributed by atoms with Gasteiger partial charge in [-0.2, -0.15) is 5.26 Å². The standard InChI is InChI=1S/C17H10BrN3O/c18-14-7-3-1-5-11(14)9-12(10-19)16-20-15-8-4-2-6-13(15)17(22)21-16/h1-9H,(H,20,21,22)/b12-9+. The summed E-state index contributed by atoms with van der Waals surface area (Å²) in [4.78, 5) is 19.1. The molecule has 4 nitrogen and oxygen atoms in total. The minimum atomic E-state index is -0.256. The molecule has 0 atom stereocenters. The Labute approximate surface area is 134 Å². The van der Waals surface area contributed by atoms with E-state index >= 15 is 0 Å². The number of halogens is 1. The number of H-pyrrole nitrogens is 1. The van der Waals surface area contributed by atoms with Crippen LogP contribution in [-0.4, -0.2) is 9.97 Å². The van der Waals surface area contributed by atoms with E-state index in [1.54, 1.807) is 24.3 Å². The minimum absolute atomic E-state index is 0.256. The zero-order valence-electron chi connectivity index (χ0n) is 11.4. The van der Waals surface area contributed by atoms with Gasteiger partial charge in [-0.1, -0.05) is 46.3 Å². The zero-order chi connectivity index (χ0) is 15.5. The van der Waals surface area contributed by atoms with Crippen LogP contribution in [0.4, 0.5) is 0 Å². The van der Waals surface area contributed by atoms with Gasteiger partial charge in [0.15, 0.2) is 5.82 Å². The molecule has 0 spiro atoms. The van der Waals surface area contributed by atoms with Crippen molar-refractivity contribution < 1.29 is 0 Å². The van der Waals surface area contributed by atoms with Crippen molar-refractivity contribution in [3.8, 4) is 6.07 Å². The number of nitrogens with zero attached hydrogens (tertiary/aromatic N) is 2. The van der Waals surface area contributed by atoms with Gasteiger partial charge in [0.1, 0.15) is 6.07 Å². The Kier molecular flexibility index (Phi) is 3.86. The van der Waals surface area contributed by atoms with Crippen molar-refractivity contribution in [2.45, 2.75) is 0 Å². The van der Waals surface area contributed by atoms with E-state index in [2.05, 4.69) is 32.0 Å². The number of benzene rings is 2. The van der Waals surface area contributed by atoms with E-state index in [1.807, 2.05) is 30.3 Å². The van der Waals surface area contributed by atoms with E-state index in [4.69, 9.17) is 0 Å². The molecule has 0 radical (unpaired) electrons. The van der Waals surface area contributed by atoms with Gasteiger partial charge in [-0.3, -0.25) is 4.79 Å².